The maximum absolute atomic E-state index is 12.0. The second kappa shape index (κ2) is 6.07. The Morgan fingerprint density at radius 2 is 2.22 bits per heavy atom. The molecule has 2 heterocycles. The molecule has 0 unspecified atom stereocenters. The number of hydrogen-bond acceptors (Lipinski definition) is 5. The molecule has 8 heteroatoms. The number of aromatic nitrogens is 1. The number of hydrogen-bond donors (Lipinski definition) is 2. The Kier molecular flexibility index (Phi) is 4.68. The van der Waals surface area contributed by atoms with Crippen molar-refractivity contribution in [1.29, 1.82) is 0 Å². The summed E-state index contributed by atoms with van der Waals surface area (Å²) in [5.41, 5.74) is 1.68. The number of aliphatic hydroxyl groups excluding tert-OH is 1. The van der Waals surface area contributed by atoms with Crippen LogP contribution in [0.1, 0.15) is 17.7 Å². The third-order valence-electron chi connectivity index (χ3n) is 3.08. The number of aliphatic hydroxyl groups is 1. The van der Waals surface area contributed by atoms with Gasteiger partial charge in [-0.05, 0) is 18.8 Å². The molecule has 0 radical (unpaired) electrons. The van der Waals surface area contributed by atoms with E-state index in [1.807, 2.05) is 0 Å². The molecule has 2 N–H and O–H groups in total. The quantitative estimate of drug-likeness (QED) is 0.811. The van der Waals surface area contributed by atoms with Gasteiger partial charge in [0.25, 0.3) is 10.2 Å². The summed E-state index contributed by atoms with van der Waals surface area (Å²) in [5.74, 6) is 0.234. The van der Waals surface area contributed by atoms with E-state index < -0.39 is 10.2 Å². The molecule has 1 aromatic rings. The second-order valence-electron chi connectivity index (χ2n) is 4.32. The van der Waals surface area contributed by atoms with Crippen molar-refractivity contribution in [3.8, 4) is 0 Å². The van der Waals surface area contributed by atoms with Crippen molar-refractivity contribution in [2.75, 3.05) is 19.7 Å². The Balaban J connectivity index is 1.87. The van der Waals surface area contributed by atoms with Crippen LogP contribution in [0.2, 0.25) is 0 Å². The van der Waals surface area contributed by atoms with Crippen molar-refractivity contribution in [2.24, 2.45) is 5.92 Å². The molecule has 0 spiro atoms. The first-order valence-electron chi connectivity index (χ1n) is 5.85. The Morgan fingerprint density at radius 3 is 2.78 bits per heavy atom. The predicted molar refractivity (Wildman–Crippen MR) is 69.3 cm³/mol. The van der Waals surface area contributed by atoms with Gasteiger partial charge in [0.15, 0.2) is 0 Å². The normalized spacial score (nSPS) is 19.2. The van der Waals surface area contributed by atoms with E-state index in [1.165, 1.54) is 15.6 Å². The van der Waals surface area contributed by atoms with Crippen LogP contribution in [0.3, 0.4) is 0 Å². The molecule has 2 rings (SSSR count). The lowest BCUT2D eigenvalue weighted by Crippen LogP contribution is -2.45. The first kappa shape index (κ1) is 13.9. The van der Waals surface area contributed by atoms with Crippen LogP contribution in [0.15, 0.2) is 11.7 Å². The Labute approximate surface area is 111 Å². The topological polar surface area (TPSA) is 82.5 Å². The van der Waals surface area contributed by atoms with Crippen LogP contribution in [0.4, 0.5) is 0 Å². The van der Waals surface area contributed by atoms with Crippen LogP contribution in [-0.4, -0.2) is 42.5 Å². The molecule has 6 nitrogen and oxygen atoms in total. The van der Waals surface area contributed by atoms with Crippen molar-refractivity contribution < 1.29 is 13.5 Å². The van der Waals surface area contributed by atoms with Gasteiger partial charge in [0.2, 0.25) is 0 Å². The van der Waals surface area contributed by atoms with Crippen LogP contribution in [0.25, 0.3) is 0 Å². The summed E-state index contributed by atoms with van der Waals surface area (Å²) >= 11 is 1.42. The summed E-state index contributed by atoms with van der Waals surface area (Å²) in [6.45, 7) is 1.38. The number of nitrogens with one attached hydrogen (secondary N) is 1. The van der Waals surface area contributed by atoms with E-state index in [0.717, 1.165) is 17.7 Å². The summed E-state index contributed by atoms with van der Waals surface area (Å²) < 4.78 is 28.0. The van der Waals surface area contributed by atoms with Gasteiger partial charge in [-0.1, -0.05) is 0 Å². The van der Waals surface area contributed by atoms with E-state index in [-0.39, 0.29) is 19.1 Å². The SMILES string of the molecule is O=S(=O)(NCc1cncs1)N1CCC(CO)CC1. The van der Waals surface area contributed by atoms with Crippen LogP contribution < -0.4 is 4.72 Å². The highest BCUT2D eigenvalue weighted by molar-refractivity contribution is 7.87. The molecule has 1 aliphatic heterocycles. The summed E-state index contributed by atoms with van der Waals surface area (Å²) in [7, 11) is -3.41. The zero-order valence-corrected chi connectivity index (χ0v) is 11.6. The van der Waals surface area contributed by atoms with E-state index in [2.05, 4.69) is 9.71 Å². The van der Waals surface area contributed by atoms with Crippen LogP contribution in [-0.2, 0) is 16.8 Å². The Bertz CT molecular complexity index is 453. The molecule has 18 heavy (non-hydrogen) atoms. The second-order valence-corrected chi connectivity index (χ2v) is 7.04. The summed E-state index contributed by atoms with van der Waals surface area (Å²) in [5, 5.41) is 9.02. The van der Waals surface area contributed by atoms with Crippen molar-refractivity contribution in [1.82, 2.24) is 14.0 Å². The fraction of sp³-hybridized carbons (Fsp3) is 0.700. The van der Waals surface area contributed by atoms with E-state index in [9.17, 15) is 8.42 Å². The van der Waals surface area contributed by atoms with Crippen LogP contribution in [0.5, 0.6) is 0 Å². The maximum atomic E-state index is 12.0. The molecule has 0 atom stereocenters. The average molecular weight is 291 g/mol. The standard InChI is InChI=1S/C10H17N3O3S2/c14-7-9-1-3-13(4-2-9)18(15,16)12-6-10-5-11-8-17-10/h5,8-9,12,14H,1-4,6-7H2. The van der Waals surface area contributed by atoms with Gasteiger partial charge in [0.1, 0.15) is 0 Å². The van der Waals surface area contributed by atoms with Crippen molar-refractivity contribution >= 4 is 21.5 Å². The molecular weight excluding hydrogens is 274 g/mol. The van der Waals surface area contributed by atoms with Gasteiger partial charge in [-0.25, -0.2) is 0 Å². The monoisotopic (exact) mass is 291 g/mol. The predicted octanol–water partition coefficient (Wildman–Crippen LogP) is 0.182. The van der Waals surface area contributed by atoms with E-state index in [1.54, 1.807) is 11.7 Å². The van der Waals surface area contributed by atoms with Crippen molar-refractivity contribution in [2.45, 2.75) is 19.4 Å². The smallest absolute Gasteiger partial charge is 0.279 e. The Morgan fingerprint density at radius 1 is 1.50 bits per heavy atom. The molecule has 0 saturated carbocycles. The summed E-state index contributed by atoms with van der Waals surface area (Å²) in [4.78, 5) is 4.79. The van der Waals surface area contributed by atoms with Gasteiger partial charge in [-0.2, -0.15) is 17.4 Å². The highest BCUT2D eigenvalue weighted by Crippen LogP contribution is 2.18. The molecular formula is C10H17N3O3S2. The lowest BCUT2D eigenvalue weighted by molar-refractivity contribution is 0.169. The highest BCUT2D eigenvalue weighted by atomic mass is 32.2. The number of nitrogens with zero attached hydrogens (tertiary/aromatic N) is 2. The highest BCUT2D eigenvalue weighted by Gasteiger charge is 2.27. The van der Waals surface area contributed by atoms with Gasteiger partial charge in [-0.15, -0.1) is 11.3 Å². The van der Waals surface area contributed by atoms with Gasteiger partial charge in [-0.3, -0.25) is 4.98 Å². The minimum absolute atomic E-state index is 0.141. The first-order chi connectivity index (χ1) is 8.62. The van der Waals surface area contributed by atoms with Crippen molar-refractivity contribution in [3.63, 3.8) is 0 Å². The first-order valence-corrected chi connectivity index (χ1v) is 8.17. The maximum Gasteiger partial charge on any atom is 0.279 e. The van der Waals surface area contributed by atoms with E-state index in [4.69, 9.17) is 5.11 Å². The lowest BCUT2D eigenvalue weighted by Gasteiger charge is -2.30. The Hall–Kier alpha value is -0.540. The minimum atomic E-state index is -3.41. The minimum Gasteiger partial charge on any atom is -0.396 e. The summed E-state index contributed by atoms with van der Waals surface area (Å²) in [6, 6.07) is 0. The number of thiazole rings is 1. The molecule has 0 aliphatic carbocycles. The third-order valence-corrected chi connectivity index (χ3v) is 5.42. The molecule has 1 saturated heterocycles. The largest absolute Gasteiger partial charge is 0.396 e. The summed E-state index contributed by atoms with van der Waals surface area (Å²) in [6.07, 6.45) is 3.10. The van der Waals surface area contributed by atoms with Gasteiger partial charge in [0.05, 0.1) is 5.51 Å². The van der Waals surface area contributed by atoms with Crippen LogP contribution in [0, 0.1) is 5.92 Å². The number of piperidine rings is 1. The van der Waals surface area contributed by atoms with Crippen molar-refractivity contribution in [3.05, 3.63) is 16.6 Å². The molecule has 1 aromatic heterocycles. The van der Waals surface area contributed by atoms with Gasteiger partial charge < -0.3 is 5.11 Å². The zero-order chi connectivity index (χ0) is 13.0. The number of rotatable bonds is 5. The average Bonchev–Trinajstić information content (AvgIpc) is 2.90. The lowest BCUT2D eigenvalue weighted by atomic mass is 10.00. The van der Waals surface area contributed by atoms with Gasteiger partial charge >= 0.3 is 0 Å². The van der Waals surface area contributed by atoms with E-state index in [0.29, 0.717) is 13.1 Å². The molecule has 0 bridgehead atoms. The molecule has 0 amide bonds. The molecule has 1 fully saturated rings. The van der Waals surface area contributed by atoms with E-state index >= 15 is 0 Å². The molecule has 1 aliphatic rings. The molecule has 0 aromatic carbocycles. The van der Waals surface area contributed by atoms with Gasteiger partial charge in [0, 0.05) is 37.3 Å². The fourth-order valence-corrected chi connectivity index (χ4v) is 3.75. The van der Waals surface area contributed by atoms with Crippen LogP contribution >= 0.6 is 11.3 Å². The zero-order valence-electron chi connectivity index (χ0n) is 9.95. The fourth-order valence-electron chi connectivity index (χ4n) is 1.92. The molecule has 102 valence electrons. The third kappa shape index (κ3) is 3.48.